The molecule has 0 rings (SSSR count). The summed E-state index contributed by atoms with van der Waals surface area (Å²) in [6.07, 6.45) is 86.6. The number of ether oxygens (including phenoxy) is 1. The molecule has 0 aromatic carbocycles. The number of phosphoric ester groups is 1. The molecule has 0 aromatic rings. The van der Waals surface area contributed by atoms with E-state index in [2.05, 4.69) is 80.8 Å². The van der Waals surface area contributed by atoms with Crippen LogP contribution in [0.2, 0.25) is 0 Å². The average molecular weight is 1240 g/mol. The second-order valence-corrected chi connectivity index (χ2v) is 28.3. The van der Waals surface area contributed by atoms with Crippen molar-refractivity contribution in [3.05, 3.63) is 60.8 Å². The van der Waals surface area contributed by atoms with Crippen molar-refractivity contribution in [1.29, 1.82) is 0 Å². The maximum absolute atomic E-state index is 13.7. The smallest absolute Gasteiger partial charge is 0.456 e. The molecule has 0 radical (unpaired) electrons. The summed E-state index contributed by atoms with van der Waals surface area (Å²) in [4.78, 5) is 38.0. The number of nitrogens with one attached hydrogen (secondary N) is 1. The van der Waals surface area contributed by atoms with Crippen molar-refractivity contribution in [2.75, 3.05) is 40.9 Å². The van der Waals surface area contributed by atoms with Crippen molar-refractivity contribution < 1.29 is 37.3 Å². The van der Waals surface area contributed by atoms with Crippen LogP contribution in [0.3, 0.4) is 0 Å². The van der Waals surface area contributed by atoms with Crippen LogP contribution >= 0.6 is 7.82 Å². The molecule has 0 spiro atoms. The van der Waals surface area contributed by atoms with Crippen molar-refractivity contribution in [3.8, 4) is 0 Å². The highest BCUT2D eigenvalue weighted by molar-refractivity contribution is 7.47. The third-order valence-electron chi connectivity index (χ3n) is 16.9. The summed E-state index contributed by atoms with van der Waals surface area (Å²) in [6, 6.07) is -0.850. The molecule has 0 saturated carbocycles. The van der Waals surface area contributed by atoms with Crippen LogP contribution < -0.4 is 5.32 Å². The van der Waals surface area contributed by atoms with Crippen LogP contribution in [-0.2, 0) is 27.9 Å². The number of carbonyl (C=O) groups is 2. The third kappa shape index (κ3) is 67.9. The molecule has 0 fully saturated rings. The third-order valence-corrected chi connectivity index (χ3v) is 17.9. The van der Waals surface area contributed by atoms with Gasteiger partial charge in [0.1, 0.15) is 19.3 Å². The molecular formula is C77H146N2O7P+. The van der Waals surface area contributed by atoms with Crippen molar-refractivity contribution >= 4 is 19.7 Å². The second kappa shape index (κ2) is 66.6. The zero-order valence-electron chi connectivity index (χ0n) is 58.5. The van der Waals surface area contributed by atoms with E-state index in [1.807, 2.05) is 27.2 Å². The second-order valence-electron chi connectivity index (χ2n) is 26.8. The van der Waals surface area contributed by atoms with Gasteiger partial charge in [0.05, 0.1) is 33.8 Å². The average Bonchev–Trinajstić information content (AvgIpc) is 3.70. The van der Waals surface area contributed by atoms with Crippen molar-refractivity contribution in [1.82, 2.24) is 5.32 Å². The molecule has 510 valence electrons. The Hall–Kier alpha value is -2.29. The number of nitrogens with zero attached hydrogens (tertiary/aromatic N) is 1. The SMILES string of the molecule is CCCCC/C=C\C/C=C\CCCCCCCCCCCCCCCCCC(=O)NC(COP(=O)(O)OCC[N+](C)(C)C)C(/C=C/CCCCCCCCCCCCC)OC(=O)CCCCCCCCCCCCCCC/C=C\C/C=C\CCCCC. The largest absolute Gasteiger partial charge is 0.472 e. The van der Waals surface area contributed by atoms with Crippen LogP contribution in [0.25, 0.3) is 0 Å². The van der Waals surface area contributed by atoms with Gasteiger partial charge in [-0.25, -0.2) is 4.57 Å². The molecule has 0 aromatic heterocycles. The first-order valence-electron chi connectivity index (χ1n) is 37.6. The minimum absolute atomic E-state index is 0.0410. The van der Waals surface area contributed by atoms with E-state index in [0.717, 1.165) is 70.6 Å². The van der Waals surface area contributed by atoms with Gasteiger partial charge in [-0.3, -0.25) is 18.6 Å². The zero-order valence-corrected chi connectivity index (χ0v) is 59.4. The number of phosphoric acid groups is 1. The summed E-state index contributed by atoms with van der Waals surface area (Å²) < 4.78 is 30.9. The highest BCUT2D eigenvalue weighted by atomic mass is 31.2. The first kappa shape index (κ1) is 84.7. The van der Waals surface area contributed by atoms with E-state index in [1.165, 1.54) is 263 Å². The zero-order chi connectivity index (χ0) is 63.5. The van der Waals surface area contributed by atoms with E-state index in [0.29, 0.717) is 23.9 Å². The molecule has 87 heavy (non-hydrogen) atoms. The summed E-state index contributed by atoms with van der Waals surface area (Å²) >= 11 is 0. The molecule has 2 N–H and O–H groups in total. The van der Waals surface area contributed by atoms with E-state index in [4.69, 9.17) is 13.8 Å². The maximum Gasteiger partial charge on any atom is 0.472 e. The Balaban J connectivity index is 5.02. The lowest BCUT2D eigenvalue weighted by Crippen LogP contribution is -2.47. The minimum Gasteiger partial charge on any atom is -0.456 e. The summed E-state index contributed by atoms with van der Waals surface area (Å²) in [7, 11) is 1.51. The molecule has 0 aliphatic heterocycles. The van der Waals surface area contributed by atoms with E-state index < -0.39 is 20.0 Å². The number of hydrogen-bond acceptors (Lipinski definition) is 6. The molecule has 1 amide bonds. The standard InChI is InChI=1S/C77H145N2O7P/c1-7-10-13-16-19-22-25-28-30-32-34-36-38-39-41-42-44-46-48-51-54-57-60-63-66-69-76(80)78-74(73-85-87(82,83)84-72-71-79(4,5)6)75(68-65-62-59-56-53-50-27-24-21-18-15-12-9-3)86-77(81)70-67-64-61-58-55-52-49-47-45-43-40-37-35-33-31-29-26-23-20-17-14-11-8-2/h19-20,22-23,28-31,65,68,74-75H,7-18,21,24-27,32-64,66-67,69-73H2,1-6H3,(H-,78,80,82,83)/p+1/b22-19-,23-20-,30-28-,31-29-,68-65+. The van der Waals surface area contributed by atoms with Crippen molar-refractivity contribution in [3.63, 3.8) is 0 Å². The number of esters is 1. The highest BCUT2D eigenvalue weighted by Gasteiger charge is 2.30. The van der Waals surface area contributed by atoms with E-state index in [9.17, 15) is 19.0 Å². The fourth-order valence-corrected chi connectivity index (χ4v) is 11.9. The summed E-state index contributed by atoms with van der Waals surface area (Å²) in [5.74, 6) is -0.489. The molecule has 0 saturated heterocycles. The van der Waals surface area contributed by atoms with Gasteiger partial charge in [0.15, 0.2) is 0 Å². The van der Waals surface area contributed by atoms with Crippen LogP contribution in [0, 0.1) is 0 Å². The summed E-state index contributed by atoms with van der Waals surface area (Å²) in [6.45, 7) is 7.02. The number of rotatable bonds is 69. The van der Waals surface area contributed by atoms with Crippen LogP contribution in [0.4, 0.5) is 0 Å². The number of carbonyl (C=O) groups excluding carboxylic acids is 2. The van der Waals surface area contributed by atoms with Gasteiger partial charge in [0.2, 0.25) is 5.91 Å². The highest BCUT2D eigenvalue weighted by Crippen LogP contribution is 2.43. The molecule has 9 nitrogen and oxygen atoms in total. The van der Waals surface area contributed by atoms with Crippen molar-refractivity contribution in [2.45, 2.75) is 380 Å². The lowest BCUT2D eigenvalue weighted by molar-refractivity contribution is -0.870. The monoisotopic (exact) mass is 1240 g/mol. The Morgan fingerprint density at radius 3 is 1.06 bits per heavy atom. The lowest BCUT2D eigenvalue weighted by atomic mass is 10.0. The van der Waals surface area contributed by atoms with Crippen LogP contribution in [-0.4, -0.2) is 74.3 Å². The van der Waals surface area contributed by atoms with E-state index in [1.54, 1.807) is 0 Å². The number of unbranched alkanes of at least 4 members (excludes halogenated alkanes) is 45. The van der Waals surface area contributed by atoms with Gasteiger partial charge in [0, 0.05) is 12.8 Å². The minimum atomic E-state index is -4.46. The van der Waals surface area contributed by atoms with Gasteiger partial charge in [-0.15, -0.1) is 0 Å². The predicted octanol–water partition coefficient (Wildman–Crippen LogP) is 24.1. The molecule has 0 aliphatic rings. The normalized spacial score (nSPS) is 13.8. The number of amides is 1. The van der Waals surface area contributed by atoms with Crippen LogP contribution in [0.5, 0.6) is 0 Å². The molecular weight excluding hydrogens is 1100 g/mol. The number of likely N-dealkylation sites (N-methyl/N-ethyl adjacent to an activating group) is 1. The van der Waals surface area contributed by atoms with Gasteiger partial charge in [-0.1, -0.05) is 319 Å². The van der Waals surface area contributed by atoms with Gasteiger partial charge in [-0.2, -0.15) is 0 Å². The summed E-state index contributed by atoms with van der Waals surface area (Å²) in [5.41, 5.74) is 0. The molecule has 0 aliphatic carbocycles. The van der Waals surface area contributed by atoms with Gasteiger partial charge < -0.3 is 19.4 Å². The number of quaternary nitrogens is 1. The van der Waals surface area contributed by atoms with E-state index in [-0.39, 0.29) is 25.1 Å². The topological polar surface area (TPSA) is 111 Å². The first-order valence-corrected chi connectivity index (χ1v) is 39.1. The Morgan fingerprint density at radius 1 is 0.402 bits per heavy atom. The van der Waals surface area contributed by atoms with Crippen LogP contribution in [0.15, 0.2) is 60.8 Å². The van der Waals surface area contributed by atoms with Crippen LogP contribution in [0.1, 0.15) is 367 Å². The van der Waals surface area contributed by atoms with Gasteiger partial charge in [0.25, 0.3) is 0 Å². The first-order chi connectivity index (χ1) is 42.4. The Kier molecular flexibility index (Phi) is 64.9. The lowest BCUT2D eigenvalue weighted by Gasteiger charge is -2.27. The molecule has 10 heteroatoms. The number of hydrogen-bond donors (Lipinski definition) is 2. The Bertz CT molecular complexity index is 1670. The molecule has 3 atom stereocenters. The fourth-order valence-electron chi connectivity index (χ4n) is 11.1. The fraction of sp³-hybridized carbons (Fsp3) is 0.844. The number of allylic oxidation sites excluding steroid dienone is 9. The summed E-state index contributed by atoms with van der Waals surface area (Å²) in [5, 5.41) is 3.08. The van der Waals surface area contributed by atoms with Gasteiger partial charge in [-0.05, 0) is 96.0 Å². The Morgan fingerprint density at radius 2 is 0.701 bits per heavy atom. The Labute approximate surface area is 541 Å². The quantitative estimate of drug-likeness (QED) is 0.0205. The van der Waals surface area contributed by atoms with Gasteiger partial charge >= 0.3 is 13.8 Å². The maximum atomic E-state index is 13.7. The molecule has 0 bridgehead atoms. The molecule has 3 unspecified atom stereocenters. The van der Waals surface area contributed by atoms with Crippen molar-refractivity contribution in [2.24, 2.45) is 0 Å². The molecule has 0 heterocycles. The van der Waals surface area contributed by atoms with E-state index >= 15 is 0 Å². The predicted molar refractivity (Wildman–Crippen MR) is 378 cm³/mol.